The standard InChI is InChI=1S/C19H24N4O6S/c1-2-29-19(26)15-11-16(23(22-15)14-6-4-3-5-7-14)18(25)21-20-17(24)10-13-8-9-30(27,28)12-13/h3-7,13,16H,2,8-12H2,1H3,(H,20,24)(H,21,25). The molecule has 11 heteroatoms. The van der Waals surface area contributed by atoms with E-state index >= 15 is 0 Å². The Hall–Kier alpha value is -2.95. The summed E-state index contributed by atoms with van der Waals surface area (Å²) in [4.78, 5) is 36.9. The molecule has 3 rings (SSSR count). The highest BCUT2D eigenvalue weighted by Crippen LogP contribution is 2.25. The second kappa shape index (κ2) is 9.24. The van der Waals surface area contributed by atoms with E-state index in [9.17, 15) is 22.8 Å². The van der Waals surface area contributed by atoms with E-state index < -0.39 is 33.7 Å². The van der Waals surface area contributed by atoms with Gasteiger partial charge in [0.2, 0.25) is 5.91 Å². The minimum absolute atomic E-state index is 0.0111. The zero-order valence-electron chi connectivity index (χ0n) is 16.5. The van der Waals surface area contributed by atoms with E-state index in [1.807, 2.05) is 6.07 Å². The molecule has 1 aromatic rings. The number of anilines is 1. The van der Waals surface area contributed by atoms with Gasteiger partial charge in [-0.25, -0.2) is 13.2 Å². The van der Waals surface area contributed by atoms with Gasteiger partial charge in [0.25, 0.3) is 5.91 Å². The Bertz CT molecular complexity index is 947. The first-order chi connectivity index (χ1) is 14.3. The Balaban J connectivity index is 1.62. The summed E-state index contributed by atoms with van der Waals surface area (Å²) in [7, 11) is -3.08. The molecule has 1 saturated heterocycles. The monoisotopic (exact) mass is 436 g/mol. The van der Waals surface area contributed by atoms with Crippen LogP contribution in [0.15, 0.2) is 35.4 Å². The zero-order valence-corrected chi connectivity index (χ0v) is 17.4. The fourth-order valence-corrected chi connectivity index (χ4v) is 5.29. The van der Waals surface area contributed by atoms with Crippen LogP contribution in [0.4, 0.5) is 5.69 Å². The molecule has 2 heterocycles. The number of hydrazine groups is 1. The SMILES string of the molecule is CCOC(=O)C1=NN(c2ccccc2)C(C(=O)NNC(=O)CC2CCS(=O)(=O)C2)C1. The quantitative estimate of drug-likeness (QED) is 0.479. The van der Waals surface area contributed by atoms with Crippen molar-refractivity contribution in [2.75, 3.05) is 23.1 Å². The van der Waals surface area contributed by atoms with E-state index in [0.29, 0.717) is 12.1 Å². The molecule has 0 aromatic heterocycles. The number of nitrogens with zero attached hydrogens (tertiary/aromatic N) is 2. The van der Waals surface area contributed by atoms with Crippen LogP contribution in [0.5, 0.6) is 0 Å². The highest BCUT2D eigenvalue weighted by atomic mass is 32.2. The molecular formula is C19H24N4O6S. The van der Waals surface area contributed by atoms with Gasteiger partial charge in [-0.1, -0.05) is 18.2 Å². The first-order valence-corrected chi connectivity index (χ1v) is 11.5. The molecule has 1 aromatic carbocycles. The molecule has 30 heavy (non-hydrogen) atoms. The molecular weight excluding hydrogens is 412 g/mol. The number of hydrogen-bond donors (Lipinski definition) is 2. The Kier molecular flexibility index (Phi) is 6.70. The third-order valence-corrected chi connectivity index (χ3v) is 6.71. The number of esters is 1. The van der Waals surface area contributed by atoms with Crippen molar-refractivity contribution in [3.8, 4) is 0 Å². The van der Waals surface area contributed by atoms with Crippen LogP contribution in [0.25, 0.3) is 0 Å². The van der Waals surface area contributed by atoms with Crippen molar-refractivity contribution in [2.24, 2.45) is 11.0 Å². The lowest BCUT2D eigenvalue weighted by molar-refractivity contribution is -0.135. The molecule has 0 aliphatic carbocycles. The largest absolute Gasteiger partial charge is 0.461 e. The molecule has 2 N–H and O–H groups in total. The number of amides is 2. The number of hydrogen-bond acceptors (Lipinski definition) is 8. The van der Waals surface area contributed by atoms with Gasteiger partial charge < -0.3 is 4.74 Å². The number of carbonyl (C=O) groups excluding carboxylic acids is 3. The lowest BCUT2D eigenvalue weighted by Crippen LogP contribution is -2.50. The molecule has 10 nitrogen and oxygen atoms in total. The Morgan fingerprint density at radius 1 is 1.20 bits per heavy atom. The van der Waals surface area contributed by atoms with Crippen LogP contribution in [0.1, 0.15) is 26.2 Å². The molecule has 162 valence electrons. The number of hydrazone groups is 1. The number of nitrogens with one attached hydrogen (secondary N) is 2. The summed E-state index contributed by atoms with van der Waals surface area (Å²) in [6.07, 6.45) is 0.471. The van der Waals surface area contributed by atoms with Crippen LogP contribution < -0.4 is 15.9 Å². The smallest absolute Gasteiger partial charge is 0.354 e. The van der Waals surface area contributed by atoms with Gasteiger partial charge in [0.15, 0.2) is 9.84 Å². The summed E-state index contributed by atoms with van der Waals surface area (Å²) < 4.78 is 28.0. The molecule has 2 unspecified atom stereocenters. The van der Waals surface area contributed by atoms with Crippen molar-refractivity contribution >= 4 is 39.0 Å². The van der Waals surface area contributed by atoms with Crippen molar-refractivity contribution < 1.29 is 27.5 Å². The van der Waals surface area contributed by atoms with Crippen LogP contribution in [-0.4, -0.2) is 56.1 Å². The first-order valence-electron chi connectivity index (χ1n) is 9.67. The Morgan fingerprint density at radius 3 is 2.57 bits per heavy atom. The highest BCUT2D eigenvalue weighted by Gasteiger charge is 2.37. The van der Waals surface area contributed by atoms with E-state index in [2.05, 4.69) is 16.0 Å². The molecule has 0 bridgehead atoms. The van der Waals surface area contributed by atoms with Gasteiger partial charge in [0.1, 0.15) is 11.8 Å². The van der Waals surface area contributed by atoms with E-state index in [0.717, 1.165) is 0 Å². The van der Waals surface area contributed by atoms with Crippen molar-refractivity contribution in [3.63, 3.8) is 0 Å². The van der Waals surface area contributed by atoms with Gasteiger partial charge in [0, 0.05) is 12.8 Å². The van der Waals surface area contributed by atoms with Crippen molar-refractivity contribution in [1.29, 1.82) is 0 Å². The molecule has 0 saturated carbocycles. The van der Waals surface area contributed by atoms with Crippen LogP contribution in [0.3, 0.4) is 0 Å². The van der Waals surface area contributed by atoms with E-state index in [1.54, 1.807) is 31.2 Å². The van der Waals surface area contributed by atoms with Crippen molar-refractivity contribution in [3.05, 3.63) is 30.3 Å². The number of ether oxygens (including phenoxy) is 1. The molecule has 2 atom stereocenters. The lowest BCUT2D eigenvalue weighted by Gasteiger charge is -2.22. The predicted octanol–water partition coefficient (Wildman–Crippen LogP) is 0.157. The van der Waals surface area contributed by atoms with Gasteiger partial charge in [-0.15, -0.1) is 0 Å². The third kappa shape index (κ3) is 5.35. The van der Waals surface area contributed by atoms with Gasteiger partial charge in [-0.3, -0.25) is 25.4 Å². The number of benzene rings is 1. The summed E-state index contributed by atoms with van der Waals surface area (Å²) in [5.74, 6) is -1.80. The molecule has 2 amide bonds. The number of sulfone groups is 1. The van der Waals surface area contributed by atoms with Gasteiger partial charge in [-0.05, 0) is 31.4 Å². The minimum Gasteiger partial charge on any atom is -0.461 e. The lowest BCUT2D eigenvalue weighted by atomic mass is 10.1. The first kappa shape index (κ1) is 21.8. The van der Waals surface area contributed by atoms with Crippen LogP contribution in [0, 0.1) is 5.92 Å². The summed E-state index contributed by atoms with van der Waals surface area (Å²) >= 11 is 0. The van der Waals surface area contributed by atoms with Crippen molar-refractivity contribution in [1.82, 2.24) is 10.9 Å². The van der Waals surface area contributed by atoms with Crippen molar-refractivity contribution in [2.45, 2.75) is 32.2 Å². The Labute approximate surface area is 174 Å². The van der Waals surface area contributed by atoms with Gasteiger partial charge in [0.05, 0.1) is 23.8 Å². The van der Waals surface area contributed by atoms with E-state index in [1.165, 1.54) is 5.01 Å². The average Bonchev–Trinajstić information content (AvgIpc) is 3.30. The summed E-state index contributed by atoms with van der Waals surface area (Å²) in [5.41, 5.74) is 5.41. The van der Waals surface area contributed by atoms with Gasteiger partial charge in [-0.2, -0.15) is 5.10 Å². The van der Waals surface area contributed by atoms with E-state index in [4.69, 9.17) is 4.74 Å². The maximum atomic E-state index is 12.7. The Morgan fingerprint density at radius 2 is 1.93 bits per heavy atom. The number of rotatable bonds is 6. The normalized spacial score (nSPS) is 22.3. The van der Waals surface area contributed by atoms with Crippen LogP contribution in [-0.2, 0) is 29.0 Å². The van der Waals surface area contributed by atoms with Crippen LogP contribution in [0.2, 0.25) is 0 Å². The zero-order chi connectivity index (χ0) is 21.7. The molecule has 2 aliphatic rings. The topological polar surface area (TPSA) is 134 Å². The van der Waals surface area contributed by atoms with Crippen LogP contribution >= 0.6 is 0 Å². The van der Waals surface area contributed by atoms with Gasteiger partial charge >= 0.3 is 5.97 Å². The maximum absolute atomic E-state index is 12.7. The maximum Gasteiger partial charge on any atom is 0.354 e. The fraction of sp³-hybridized carbons (Fsp3) is 0.474. The third-order valence-electron chi connectivity index (χ3n) is 4.87. The predicted molar refractivity (Wildman–Crippen MR) is 109 cm³/mol. The highest BCUT2D eigenvalue weighted by molar-refractivity contribution is 7.91. The average molecular weight is 436 g/mol. The second-order valence-electron chi connectivity index (χ2n) is 7.18. The van der Waals surface area contributed by atoms with E-state index in [-0.39, 0.29) is 42.6 Å². The summed E-state index contributed by atoms with van der Waals surface area (Å²) in [5, 5.41) is 5.65. The fourth-order valence-electron chi connectivity index (χ4n) is 3.43. The second-order valence-corrected chi connectivity index (χ2v) is 9.41. The summed E-state index contributed by atoms with van der Waals surface area (Å²) in [6, 6.07) is 8.01. The molecule has 0 spiro atoms. The molecule has 1 fully saturated rings. The molecule has 0 radical (unpaired) electrons. The minimum atomic E-state index is -3.08. The molecule has 2 aliphatic heterocycles. The number of para-hydroxylation sites is 1. The summed E-state index contributed by atoms with van der Waals surface area (Å²) in [6.45, 7) is 1.87. The number of carbonyl (C=O) groups is 3.